The number of halogens is 2. The number of imide groups is 1. The average Bonchev–Trinajstić information content (AvgIpc) is 3.27. The lowest BCUT2D eigenvalue weighted by atomic mass is 9.92. The highest BCUT2D eigenvalue weighted by molar-refractivity contribution is 6.30. The molecule has 1 aromatic heterocycles. The number of nitrogens with one attached hydrogen (secondary N) is 1. The first-order valence-electron chi connectivity index (χ1n) is 14.7. The van der Waals surface area contributed by atoms with Crippen LogP contribution in [0.3, 0.4) is 0 Å². The fourth-order valence-corrected chi connectivity index (χ4v) is 5.89. The second kappa shape index (κ2) is 12.7. The molecule has 9 nitrogen and oxygen atoms in total. The number of aryl methyl sites for hydroxylation is 3. The van der Waals surface area contributed by atoms with E-state index in [9.17, 15) is 18.8 Å². The normalized spacial score (nSPS) is 14.6. The van der Waals surface area contributed by atoms with Crippen molar-refractivity contribution in [3.8, 4) is 11.6 Å². The number of carbonyl (C=O) groups excluding carboxylic acids is 3. The van der Waals surface area contributed by atoms with Gasteiger partial charge in [-0.15, -0.1) is 10.2 Å². The van der Waals surface area contributed by atoms with Crippen molar-refractivity contribution in [3.05, 3.63) is 116 Å². The summed E-state index contributed by atoms with van der Waals surface area (Å²) in [6.07, 6.45) is 3.27. The molecule has 1 aliphatic heterocycles. The summed E-state index contributed by atoms with van der Waals surface area (Å²) in [5.41, 5.74) is 5.05. The summed E-state index contributed by atoms with van der Waals surface area (Å²) in [7, 11) is 0. The third-order valence-corrected chi connectivity index (χ3v) is 8.32. The number of ether oxygens (including phenoxy) is 1. The molecule has 230 valence electrons. The Morgan fingerprint density at radius 1 is 1.00 bits per heavy atom. The molecule has 0 unspecified atom stereocenters. The summed E-state index contributed by atoms with van der Waals surface area (Å²) in [5, 5.41) is 12.1. The third kappa shape index (κ3) is 6.16. The van der Waals surface area contributed by atoms with E-state index in [1.165, 1.54) is 18.2 Å². The fraction of sp³-hybridized carbons (Fsp3) is 0.265. The molecule has 4 aromatic rings. The van der Waals surface area contributed by atoms with Crippen molar-refractivity contribution < 1.29 is 28.3 Å². The molecule has 11 heteroatoms. The van der Waals surface area contributed by atoms with Gasteiger partial charge in [-0.3, -0.25) is 19.2 Å². The summed E-state index contributed by atoms with van der Waals surface area (Å²) in [6, 6.07) is 16.1. The Labute approximate surface area is 264 Å². The lowest BCUT2D eigenvalue weighted by Crippen LogP contribution is -2.43. The summed E-state index contributed by atoms with van der Waals surface area (Å²) < 4.78 is 20.6. The van der Waals surface area contributed by atoms with Crippen molar-refractivity contribution in [1.82, 2.24) is 20.6 Å². The van der Waals surface area contributed by atoms with Gasteiger partial charge in [-0.1, -0.05) is 53.6 Å². The number of hydrogen-bond acceptors (Lipinski definition) is 7. The molecule has 1 atom stereocenters. The van der Waals surface area contributed by atoms with Gasteiger partial charge >= 0.3 is 0 Å². The van der Waals surface area contributed by atoms with Gasteiger partial charge in [0.1, 0.15) is 5.56 Å². The fourth-order valence-electron chi connectivity index (χ4n) is 5.72. The third-order valence-electron chi connectivity index (χ3n) is 8.03. The Morgan fingerprint density at radius 2 is 1.73 bits per heavy atom. The van der Waals surface area contributed by atoms with Gasteiger partial charge in [-0.2, -0.15) is 5.10 Å². The summed E-state index contributed by atoms with van der Waals surface area (Å²) in [4.78, 5) is 45.9. The molecule has 6 rings (SSSR count). The monoisotopic (exact) mass is 628 g/mol. The number of nitrogens with zero attached hydrogens (tertiary/aromatic N) is 3. The van der Waals surface area contributed by atoms with Gasteiger partial charge in [0.15, 0.2) is 11.6 Å². The van der Waals surface area contributed by atoms with Crippen LogP contribution in [0.2, 0.25) is 5.02 Å². The minimum atomic E-state index is -0.785. The predicted octanol–water partition coefficient (Wildman–Crippen LogP) is 6.13. The highest BCUT2D eigenvalue weighted by atomic mass is 35.5. The Morgan fingerprint density at radius 3 is 2.47 bits per heavy atom. The second-order valence-corrected chi connectivity index (χ2v) is 11.6. The molecule has 3 amide bonds. The average molecular weight is 629 g/mol. The van der Waals surface area contributed by atoms with Crippen molar-refractivity contribution >= 4 is 29.3 Å². The number of amides is 3. The van der Waals surface area contributed by atoms with Crippen LogP contribution >= 0.6 is 11.6 Å². The highest BCUT2D eigenvalue weighted by Gasteiger charge is 2.37. The van der Waals surface area contributed by atoms with Gasteiger partial charge in [0, 0.05) is 0 Å². The van der Waals surface area contributed by atoms with Crippen LogP contribution in [0.15, 0.2) is 60.7 Å². The minimum Gasteiger partial charge on any atom is -0.434 e. The van der Waals surface area contributed by atoms with E-state index in [2.05, 4.69) is 15.5 Å². The zero-order valence-corrected chi connectivity index (χ0v) is 25.5. The smallest absolute Gasteiger partial charge is 0.285 e. The topological polar surface area (TPSA) is 111 Å². The molecule has 0 fully saturated rings. The van der Waals surface area contributed by atoms with Crippen molar-refractivity contribution in [1.29, 1.82) is 0 Å². The number of aromatic nitrogens is 2. The molecule has 45 heavy (non-hydrogen) atoms. The number of rotatable bonds is 9. The van der Waals surface area contributed by atoms with Gasteiger partial charge in [0.25, 0.3) is 23.6 Å². The molecule has 1 N–H and O–H groups in total. The van der Waals surface area contributed by atoms with Crippen LogP contribution in [-0.4, -0.2) is 45.6 Å². The molecule has 0 saturated heterocycles. The van der Waals surface area contributed by atoms with E-state index < -0.39 is 29.6 Å². The molecular formula is C34H30ClFN4O5. The molecular weight excluding hydrogens is 599 g/mol. The van der Waals surface area contributed by atoms with Crippen molar-refractivity contribution in [2.75, 3.05) is 6.61 Å². The van der Waals surface area contributed by atoms with Gasteiger partial charge in [-0.05, 0) is 86.9 Å². The number of hydroxylamine groups is 2. The molecule has 1 aliphatic carbocycles. The lowest BCUT2D eigenvalue weighted by molar-refractivity contribution is -0.0969. The van der Waals surface area contributed by atoms with Gasteiger partial charge in [-0.25, -0.2) is 4.39 Å². The Kier molecular flexibility index (Phi) is 8.60. The molecule has 0 radical (unpaired) electrons. The first kappa shape index (κ1) is 30.4. The van der Waals surface area contributed by atoms with Gasteiger partial charge < -0.3 is 10.1 Å². The van der Waals surface area contributed by atoms with E-state index in [1.807, 2.05) is 32.0 Å². The first-order chi connectivity index (χ1) is 21.7. The molecule has 0 saturated carbocycles. The number of carbonyl (C=O) groups is 3. The van der Waals surface area contributed by atoms with E-state index >= 15 is 0 Å². The van der Waals surface area contributed by atoms with E-state index in [0.29, 0.717) is 30.5 Å². The van der Waals surface area contributed by atoms with Crippen molar-refractivity contribution in [2.24, 2.45) is 0 Å². The standard InChI is InChI=1S/C34H30ClFN4O5/c1-19-14-15-21(20(2)16-19)17-22(18-44-40-33(42)23-8-3-4-9-24(23)34(40)43)37-31(41)29-25-10-5-6-12-27(25)38-39-32(29)45-28-13-7-11-26(35)30(28)36/h3-4,7-9,11,13-16,22H,5-6,10,12,17-18H2,1-2H3,(H,37,41)/t22-/m1/s1. The summed E-state index contributed by atoms with van der Waals surface area (Å²) in [6.45, 7) is 3.77. The number of benzene rings is 3. The van der Waals surface area contributed by atoms with Gasteiger partial charge in [0.05, 0.1) is 34.5 Å². The number of hydrogen-bond donors (Lipinski definition) is 1. The van der Waals surface area contributed by atoms with Crippen LogP contribution in [0.25, 0.3) is 0 Å². The van der Waals surface area contributed by atoms with Crippen LogP contribution in [0.5, 0.6) is 11.6 Å². The van der Waals surface area contributed by atoms with Crippen molar-refractivity contribution in [3.63, 3.8) is 0 Å². The molecule has 3 aromatic carbocycles. The number of fused-ring (bicyclic) bond motifs is 2. The molecule has 2 aliphatic rings. The highest BCUT2D eigenvalue weighted by Crippen LogP contribution is 2.33. The molecule has 2 heterocycles. The van der Waals surface area contributed by atoms with E-state index in [0.717, 1.165) is 34.6 Å². The predicted molar refractivity (Wildman–Crippen MR) is 164 cm³/mol. The zero-order chi connectivity index (χ0) is 31.7. The summed E-state index contributed by atoms with van der Waals surface area (Å²) >= 11 is 5.97. The molecule has 0 spiro atoms. The Balaban J connectivity index is 1.31. The quantitative estimate of drug-likeness (QED) is 0.222. The van der Waals surface area contributed by atoms with E-state index in [1.54, 1.807) is 24.3 Å². The van der Waals surface area contributed by atoms with Crippen LogP contribution in [0.4, 0.5) is 4.39 Å². The lowest BCUT2D eigenvalue weighted by Gasteiger charge is -2.24. The van der Waals surface area contributed by atoms with Gasteiger partial charge in [0.2, 0.25) is 0 Å². The Hall–Kier alpha value is -4.67. The van der Waals surface area contributed by atoms with E-state index in [4.69, 9.17) is 21.2 Å². The maximum Gasteiger partial charge on any atom is 0.285 e. The minimum absolute atomic E-state index is 0.136. The summed E-state index contributed by atoms with van der Waals surface area (Å²) in [5.74, 6) is -2.80. The second-order valence-electron chi connectivity index (χ2n) is 11.2. The van der Waals surface area contributed by atoms with Crippen LogP contribution in [0.1, 0.15) is 71.9 Å². The van der Waals surface area contributed by atoms with Crippen LogP contribution in [-0.2, 0) is 24.1 Å². The largest absolute Gasteiger partial charge is 0.434 e. The van der Waals surface area contributed by atoms with Crippen LogP contribution < -0.4 is 10.1 Å². The van der Waals surface area contributed by atoms with E-state index in [-0.39, 0.29) is 39.9 Å². The first-order valence-corrected chi connectivity index (χ1v) is 15.1. The SMILES string of the molecule is Cc1ccc(C[C@H](CON2C(=O)c3ccccc3C2=O)NC(=O)c2c(Oc3cccc(Cl)c3F)nnc3c2CCCC3)c(C)c1. The maximum atomic E-state index is 14.8. The zero-order valence-electron chi connectivity index (χ0n) is 24.7. The molecule has 0 bridgehead atoms. The van der Waals surface area contributed by atoms with Crippen molar-refractivity contribution in [2.45, 2.75) is 52.0 Å². The van der Waals surface area contributed by atoms with Crippen LogP contribution in [0, 0.1) is 19.7 Å². The maximum absolute atomic E-state index is 14.8. The Bertz CT molecular complexity index is 1800.